The largest absolute Gasteiger partial charge is 0.481 e. The van der Waals surface area contributed by atoms with Crippen molar-refractivity contribution in [3.63, 3.8) is 0 Å². The zero-order chi connectivity index (χ0) is 15.7. The van der Waals surface area contributed by atoms with Crippen molar-refractivity contribution in [1.29, 1.82) is 0 Å². The van der Waals surface area contributed by atoms with Gasteiger partial charge in [0.05, 0.1) is 0 Å². The lowest BCUT2D eigenvalue weighted by Gasteiger charge is -2.23. The third-order valence-corrected chi connectivity index (χ3v) is 2.73. The summed E-state index contributed by atoms with van der Waals surface area (Å²) < 4.78 is 0. The summed E-state index contributed by atoms with van der Waals surface area (Å²) in [6.45, 7) is 0.426. The number of aliphatic carboxylic acids is 1. The van der Waals surface area contributed by atoms with Crippen molar-refractivity contribution in [2.45, 2.75) is 19.3 Å². The Morgan fingerprint density at radius 3 is 2.38 bits per heavy atom. The highest BCUT2D eigenvalue weighted by Crippen LogP contribution is 2.14. The van der Waals surface area contributed by atoms with E-state index in [4.69, 9.17) is 10.8 Å². The summed E-state index contributed by atoms with van der Waals surface area (Å²) in [7, 11) is 0. The molecule has 0 radical (unpaired) electrons. The topological polar surface area (TPSA) is 113 Å². The van der Waals surface area contributed by atoms with Crippen LogP contribution in [0.15, 0.2) is 30.3 Å². The van der Waals surface area contributed by atoms with Crippen LogP contribution in [0.5, 0.6) is 0 Å². The number of nitrogens with zero attached hydrogens (tertiary/aromatic N) is 1. The highest BCUT2D eigenvalue weighted by molar-refractivity contribution is 5.92. The number of nitrogens with one attached hydrogen (secondary N) is 1. The summed E-state index contributed by atoms with van der Waals surface area (Å²) in [6, 6.07) is 8.53. The van der Waals surface area contributed by atoms with Gasteiger partial charge in [-0.05, 0) is 18.6 Å². The maximum atomic E-state index is 12.1. The molecule has 4 N–H and O–H groups in total. The molecule has 0 unspecified atom stereocenters. The SMILES string of the molecule is NC(=O)CCNC(=O)N(CCCC(=O)O)c1ccccc1. The summed E-state index contributed by atoms with van der Waals surface area (Å²) in [4.78, 5) is 34.8. The first-order valence-electron chi connectivity index (χ1n) is 6.61. The van der Waals surface area contributed by atoms with Gasteiger partial charge in [-0.25, -0.2) is 4.79 Å². The number of carbonyl (C=O) groups is 3. The van der Waals surface area contributed by atoms with Crippen LogP contribution >= 0.6 is 0 Å². The van der Waals surface area contributed by atoms with Crippen LogP contribution < -0.4 is 16.0 Å². The van der Waals surface area contributed by atoms with Gasteiger partial charge in [-0.15, -0.1) is 0 Å². The molecule has 7 nitrogen and oxygen atoms in total. The first-order chi connectivity index (χ1) is 10.0. The van der Waals surface area contributed by atoms with E-state index in [1.807, 2.05) is 6.07 Å². The highest BCUT2D eigenvalue weighted by Gasteiger charge is 2.15. The molecule has 0 fully saturated rings. The average Bonchev–Trinajstić information content (AvgIpc) is 2.43. The van der Waals surface area contributed by atoms with Crippen LogP contribution in [0.25, 0.3) is 0 Å². The summed E-state index contributed by atoms with van der Waals surface area (Å²) in [5, 5.41) is 11.3. The third kappa shape index (κ3) is 6.42. The fraction of sp³-hybridized carbons (Fsp3) is 0.357. The number of amides is 3. The van der Waals surface area contributed by atoms with Crippen LogP contribution in [0.3, 0.4) is 0 Å². The maximum Gasteiger partial charge on any atom is 0.321 e. The van der Waals surface area contributed by atoms with Crippen LogP contribution in [-0.2, 0) is 9.59 Å². The zero-order valence-electron chi connectivity index (χ0n) is 11.6. The first kappa shape index (κ1) is 16.5. The minimum atomic E-state index is -0.905. The van der Waals surface area contributed by atoms with Crippen molar-refractivity contribution in [3.8, 4) is 0 Å². The number of anilines is 1. The third-order valence-electron chi connectivity index (χ3n) is 2.73. The lowest BCUT2D eigenvalue weighted by atomic mass is 10.2. The van der Waals surface area contributed by atoms with E-state index in [0.717, 1.165) is 0 Å². The molecule has 1 rings (SSSR count). The van der Waals surface area contributed by atoms with Gasteiger partial charge in [-0.1, -0.05) is 18.2 Å². The van der Waals surface area contributed by atoms with Crippen molar-refractivity contribution < 1.29 is 19.5 Å². The second kappa shape index (κ2) is 8.57. The van der Waals surface area contributed by atoms with E-state index in [-0.39, 0.29) is 32.0 Å². The second-order valence-electron chi connectivity index (χ2n) is 4.43. The molecule has 1 aromatic carbocycles. The molecular formula is C14H19N3O4. The molecule has 0 saturated carbocycles. The van der Waals surface area contributed by atoms with Crippen molar-refractivity contribution >= 4 is 23.6 Å². The molecular weight excluding hydrogens is 274 g/mol. The fourth-order valence-electron chi connectivity index (χ4n) is 1.73. The second-order valence-corrected chi connectivity index (χ2v) is 4.43. The Labute approximate surface area is 122 Å². The fourth-order valence-corrected chi connectivity index (χ4v) is 1.73. The number of para-hydroxylation sites is 1. The van der Waals surface area contributed by atoms with E-state index in [9.17, 15) is 14.4 Å². The van der Waals surface area contributed by atoms with Gasteiger partial charge in [-0.3, -0.25) is 14.5 Å². The van der Waals surface area contributed by atoms with Gasteiger partial charge in [0, 0.05) is 31.6 Å². The number of hydrogen-bond donors (Lipinski definition) is 3. The molecule has 0 aliphatic heterocycles. The molecule has 3 amide bonds. The highest BCUT2D eigenvalue weighted by atomic mass is 16.4. The van der Waals surface area contributed by atoms with Gasteiger partial charge in [0.25, 0.3) is 0 Å². The number of rotatable bonds is 8. The van der Waals surface area contributed by atoms with E-state index < -0.39 is 11.9 Å². The molecule has 0 heterocycles. The van der Waals surface area contributed by atoms with E-state index in [1.54, 1.807) is 24.3 Å². The minimum absolute atomic E-state index is 0.0160. The van der Waals surface area contributed by atoms with Crippen LogP contribution in [-0.4, -0.2) is 36.1 Å². The van der Waals surface area contributed by atoms with Crippen LogP contribution in [0.2, 0.25) is 0 Å². The van der Waals surface area contributed by atoms with Gasteiger partial charge in [0.1, 0.15) is 0 Å². The molecule has 114 valence electrons. The smallest absolute Gasteiger partial charge is 0.321 e. The molecule has 0 bridgehead atoms. The Kier molecular flexibility index (Phi) is 6.73. The number of benzene rings is 1. The predicted octanol–water partition coefficient (Wildman–Crippen LogP) is 0.943. The van der Waals surface area contributed by atoms with Crippen molar-refractivity contribution in [2.24, 2.45) is 5.73 Å². The Morgan fingerprint density at radius 1 is 1.14 bits per heavy atom. The summed E-state index contributed by atoms with van der Waals surface area (Å²) in [6.07, 6.45) is 0.384. The summed E-state index contributed by atoms with van der Waals surface area (Å²) >= 11 is 0. The van der Waals surface area contributed by atoms with Gasteiger partial charge in [0.15, 0.2) is 0 Å². The number of carbonyl (C=O) groups excluding carboxylic acids is 2. The zero-order valence-corrected chi connectivity index (χ0v) is 11.6. The molecule has 0 aromatic heterocycles. The Hall–Kier alpha value is -2.57. The Morgan fingerprint density at radius 2 is 1.81 bits per heavy atom. The minimum Gasteiger partial charge on any atom is -0.481 e. The van der Waals surface area contributed by atoms with Gasteiger partial charge in [-0.2, -0.15) is 0 Å². The van der Waals surface area contributed by atoms with Gasteiger partial charge >= 0.3 is 12.0 Å². The van der Waals surface area contributed by atoms with Gasteiger partial charge < -0.3 is 16.2 Å². The molecule has 1 aromatic rings. The Bertz CT molecular complexity index is 490. The van der Waals surface area contributed by atoms with Gasteiger partial charge in [0.2, 0.25) is 5.91 Å². The summed E-state index contributed by atoms with van der Waals surface area (Å²) in [5.41, 5.74) is 5.68. The van der Waals surface area contributed by atoms with E-state index in [0.29, 0.717) is 12.1 Å². The number of carboxylic acid groups (broad SMARTS) is 1. The van der Waals surface area contributed by atoms with Crippen LogP contribution in [0, 0.1) is 0 Å². The molecule has 0 saturated heterocycles. The average molecular weight is 293 g/mol. The summed E-state index contributed by atoms with van der Waals surface area (Å²) in [5.74, 6) is -1.40. The molecule has 0 atom stereocenters. The van der Waals surface area contributed by atoms with Crippen molar-refractivity contribution in [1.82, 2.24) is 5.32 Å². The number of nitrogens with two attached hydrogens (primary N) is 1. The van der Waals surface area contributed by atoms with Crippen molar-refractivity contribution in [3.05, 3.63) is 30.3 Å². The maximum absolute atomic E-state index is 12.1. The number of hydrogen-bond acceptors (Lipinski definition) is 3. The molecule has 21 heavy (non-hydrogen) atoms. The first-order valence-corrected chi connectivity index (χ1v) is 6.61. The van der Waals surface area contributed by atoms with Crippen LogP contribution in [0.1, 0.15) is 19.3 Å². The monoisotopic (exact) mass is 293 g/mol. The predicted molar refractivity (Wildman–Crippen MR) is 77.9 cm³/mol. The number of urea groups is 1. The molecule has 0 spiro atoms. The van der Waals surface area contributed by atoms with Crippen molar-refractivity contribution in [2.75, 3.05) is 18.0 Å². The Balaban J connectivity index is 2.64. The standard InChI is InChI=1S/C14H19N3O4/c15-12(18)8-9-16-14(21)17(10-4-7-13(19)20)11-5-2-1-3-6-11/h1-3,5-6H,4,7-10H2,(H2,15,18)(H,16,21)(H,19,20). The quantitative estimate of drug-likeness (QED) is 0.662. The normalized spacial score (nSPS) is 9.90. The number of primary amides is 1. The van der Waals surface area contributed by atoms with E-state index in [2.05, 4.69) is 5.32 Å². The molecule has 7 heteroatoms. The van der Waals surface area contributed by atoms with Crippen LogP contribution in [0.4, 0.5) is 10.5 Å². The van der Waals surface area contributed by atoms with E-state index >= 15 is 0 Å². The lowest BCUT2D eigenvalue weighted by molar-refractivity contribution is -0.137. The lowest BCUT2D eigenvalue weighted by Crippen LogP contribution is -2.41. The molecule has 0 aliphatic carbocycles. The molecule has 0 aliphatic rings. The number of carboxylic acids is 1. The van der Waals surface area contributed by atoms with E-state index in [1.165, 1.54) is 4.90 Å².